The highest BCUT2D eigenvalue weighted by Gasteiger charge is 2.31. The van der Waals surface area contributed by atoms with E-state index in [0.717, 1.165) is 11.1 Å². The first-order chi connectivity index (χ1) is 15.9. The summed E-state index contributed by atoms with van der Waals surface area (Å²) >= 11 is 3.32. The van der Waals surface area contributed by atoms with Gasteiger partial charge in [-0.15, -0.1) is 0 Å². The molecule has 0 fully saturated rings. The topological polar surface area (TPSA) is 118 Å². The van der Waals surface area contributed by atoms with Gasteiger partial charge >= 0.3 is 0 Å². The van der Waals surface area contributed by atoms with Crippen LogP contribution < -0.4 is 18.9 Å². The summed E-state index contributed by atoms with van der Waals surface area (Å²) in [6, 6.07) is 6.87. The van der Waals surface area contributed by atoms with Gasteiger partial charge < -0.3 is 18.7 Å². The molecule has 1 aliphatic heterocycles. The number of benzene rings is 2. The van der Waals surface area contributed by atoms with E-state index >= 15 is 0 Å². The number of fused-ring (bicyclic) bond motifs is 3. The summed E-state index contributed by atoms with van der Waals surface area (Å²) in [5.41, 5.74) is 2.35. The van der Waals surface area contributed by atoms with Crippen molar-refractivity contribution in [2.24, 2.45) is 0 Å². The summed E-state index contributed by atoms with van der Waals surface area (Å²) in [5.74, 6) is 0.815. The normalized spacial score (nSPS) is 13.1. The zero-order chi connectivity index (χ0) is 23.2. The van der Waals surface area contributed by atoms with Gasteiger partial charge in [0.05, 0.1) is 31.8 Å². The molecule has 5 rings (SSSR count). The van der Waals surface area contributed by atoms with E-state index in [-0.39, 0.29) is 22.2 Å². The maximum atomic E-state index is 13.4. The molecule has 0 atom stereocenters. The average Bonchev–Trinajstić information content (AvgIpc) is 3.54. The van der Waals surface area contributed by atoms with E-state index in [1.807, 2.05) is 18.3 Å². The number of anilines is 1. The van der Waals surface area contributed by atoms with Crippen LogP contribution in [-0.2, 0) is 23.0 Å². The smallest absolute Gasteiger partial charge is 0.270 e. The van der Waals surface area contributed by atoms with Gasteiger partial charge in [0.25, 0.3) is 10.0 Å². The second kappa shape index (κ2) is 8.27. The third-order valence-corrected chi connectivity index (χ3v) is 7.36. The Morgan fingerprint density at radius 3 is 2.85 bits per heavy atom. The Morgan fingerprint density at radius 1 is 1.27 bits per heavy atom. The Labute approximate surface area is 197 Å². The van der Waals surface area contributed by atoms with Crippen molar-refractivity contribution in [3.8, 4) is 17.2 Å². The van der Waals surface area contributed by atoms with Crippen molar-refractivity contribution in [1.82, 2.24) is 14.9 Å². The first-order valence-corrected chi connectivity index (χ1v) is 12.2. The van der Waals surface area contributed by atoms with Gasteiger partial charge in [-0.2, -0.15) is 5.10 Å². The number of methoxy groups -OCH3 is 2. The molecule has 0 aliphatic carbocycles. The maximum Gasteiger partial charge on any atom is 0.270 e. The van der Waals surface area contributed by atoms with Crippen LogP contribution in [0.5, 0.6) is 17.2 Å². The van der Waals surface area contributed by atoms with Crippen LogP contribution in [0.2, 0.25) is 0 Å². The summed E-state index contributed by atoms with van der Waals surface area (Å²) in [5, 5.41) is 8.71. The van der Waals surface area contributed by atoms with Crippen molar-refractivity contribution in [3.63, 3.8) is 0 Å². The molecule has 3 heterocycles. The van der Waals surface area contributed by atoms with Crippen LogP contribution in [-0.4, -0.2) is 44.2 Å². The summed E-state index contributed by atoms with van der Waals surface area (Å²) in [6.45, 7) is 1.01. The zero-order valence-electron chi connectivity index (χ0n) is 17.7. The molecule has 0 saturated heterocycles. The lowest BCUT2D eigenvalue weighted by Crippen LogP contribution is -2.16. The zero-order valence-corrected chi connectivity index (χ0v) is 20.1. The van der Waals surface area contributed by atoms with Crippen LogP contribution in [0.1, 0.15) is 11.1 Å². The first kappa shape index (κ1) is 21.6. The average molecular weight is 535 g/mol. The lowest BCUT2D eigenvalue weighted by Gasteiger charge is -2.15. The maximum absolute atomic E-state index is 13.4. The molecule has 12 heteroatoms. The molecule has 1 aliphatic rings. The fourth-order valence-corrected chi connectivity index (χ4v) is 5.91. The first-order valence-electron chi connectivity index (χ1n) is 9.90. The number of nitrogens with one attached hydrogen (secondary N) is 1. The lowest BCUT2D eigenvalue weighted by atomic mass is 10.0. The Bertz CT molecular complexity index is 1450. The Hall–Kier alpha value is -3.25. The molecule has 0 unspecified atom stereocenters. The van der Waals surface area contributed by atoms with Crippen molar-refractivity contribution in [1.29, 1.82) is 0 Å². The minimum absolute atomic E-state index is 0.0258. The van der Waals surface area contributed by atoms with Crippen molar-refractivity contribution in [2.45, 2.75) is 17.9 Å². The highest BCUT2D eigenvalue weighted by atomic mass is 79.9. The van der Waals surface area contributed by atoms with Gasteiger partial charge in [-0.25, -0.2) is 8.42 Å². The summed E-state index contributed by atoms with van der Waals surface area (Å²) in [6.07, 6.45) is 4.26. The molecule has 0 radical (unpaired) electrons. The molecular formula is C21H19BrN4O6S. The van der Waals surface area contributed by atoms with Crippen LogP contribution in [0.4, 0.5) is 5.82 Å². The lowest BCUT2D eigenvalue weighted by molar-refractivity contribution is 0.360. The third kappa shape index (κ3) is 3.68. The van der Waals surface area contributed by atoms with E-state index in [0.29, 0.717) is 40.8 Å². The fraction of sp³-hybridized carbons (Fsp3) is 0.238. The molecule has 33 heavy (non-hydrogen) atoms. The molecule has 10 nitrogen and oxygen atoms in total. The predicted octanol–water partition coefficient (Wildman–Crippen LogP) is 3.59. The number of hydrogen-bond acceptors (Lipinski definition) is 8. The van der Waals surface area contributed by atoms with Gasteiger partial charge in [0.15, 0.2) is 22.0 Å². The number of halogens is 1. The molecule has 0 amide bonds. The SMILES string of the molecule is COc1ccc(Br)c(OC)c1S(=O)(=O)Nc1noc2cc(Cn3cccn3)c3c(c12)OCC3. The highest BCUT2D eigenvalue weighted by Crippen LogP contribution is 2.43. The molecule has 2 aromatic heterocycles. The van der Waals surface area contributed by atoms with E-state index in [2.05, 4.69) is 30.9 Å². The van der Waals surface area contributed by atoms with E-state index in [4.69, 9.17) is 18.7 Å². The van der Waals surface area contributed by atoms with E-state index in [1.54, 1.807) is 16.9 Å². The number of rotatable bonds is 7. The monoisotopic (exact) mass is 534 g/mol. The Balaban J connectivity index is 1.60. The second-order valence-electron chi connectivity index (χ2n) is 7.27. The van der Waals surface area contributed by atoms with E-state index in [9.17, 15) is 8.42 Å². The molecule has 0 spiro atoms. The van der Waals surface area contributed by atoms with E-state index in [1.165, 1.54) is 20.3 Å². The van der Waals surface area contributed by atoms with Gasteiger partial charge in [0.1, 0.15) is 16.9 Å². The fourth-order valence-electron chi connectivity index (χ4n) is 3.93. The summed E-state index contributed by atoms with van der Waals surface area (Å²) in [7, 11) is -1.41. The largest absolute Gasteiger partial charge is 0.495 e. The number of ether oxygens (including phenoxy) is 3. The molecule has 1 N–H and O–H groups in total. The van der Waals surface area contributed by atoms with Crippen LogP contribution in [0.3, 0.4) is 0 Å². The number of nitrogens with zero attached hydrogens (tertiary/aromatic N) is 3. The molecule has 0 bridgehead atoms. The van der Waals surface area contributed by atoms with Gasteiger partial charge in [0, 0.05) is 24.4 Å². The number of hydrogen-bond donors (Lipinski definition) is 1. The van der Waals surface area contributed by atoms with Crippen LogP contribution in [0.15, 0.2) is 50.6 Å². The van der Waals surface area contributed by atoms with E-state index < -0.39 is 10.0 Å². The third-order valence-electron chi connectivity index (χ3n) is 5.35. The quantitative estimate of drug-likeness (QED) is 0.382. The van der Waals surface area contributed by atoms with Crippen LogP contribution >= 0.6 is 15.9 Å². The number of aromatic nitrogens is 3. The summed E-state index contributed by atoms with van der Waals surface area (Å²) < 4.78 is 53.6. The molecule has 172 valence electrons. The highest BCUT2D eigenvalue weighted by molar-refractivity contribution is 9.10. The van der Waals surface area contributed by atoms with Crippen molar-refractivity contribution < 1.29 is 27.2 Å². The van der Waals surface area contributed by atoms with Crippen molar-refractivity contribution in [2.75, 3.05) is 25.5 Å². The molecule has 4 aromatic rings. The van der Waals surface area contributed by atoms with Crippen LogP contribution in [0.25, 0.3) is 11.0 Å². The molecule has 2 aromatic carbocycles. The molecular weight excluding hydrogens is 516 g/mol. The van der Waals surface area contributed by atoms with Gasteiger partial charge in [-0.3, -0.25) is 9.40 Å². The minimum Gasteiger partial charge on any atom is -0.495 e. The van der Waals surface area contributed by atoms with Crippen molar-refractivity contribution >= 4 is 42.7 Å². The van der Waals surface area contributed by atoms with Crippen molar-refractivity contribution in [3.05, 3.63) is 52.3 Å². The minimum atomic E-state index is -4.17. The van der Waals surface area contributed by atoms with Gasteiger partial charge in [-0.05, 0) is 45.8 Å². The number of sulfonamides is 1. The second-order valence-corrected chi connectivity index (χ2v) is 9.74. The van der Waals surface area contributed by atoms with Gasteiger partial charge in [-0.1, -0.05) is 5.16 Å². The van der Waals surface area contributed by atoms with Crippen LogP contribution in [0, 0.1) is 0 Å². The van der Waals surface area contributed by atoms with Gasteiger partial charge in [0.2, 0.25) is 0 Å². The standard InChI is InChI=1S/C21H19BrN4O6S/c1-29-15-5-4-14(22)19(30-2)20(15)33(27,28)25-21-17-16(32-24-21)10-12(11-26-8-3-7-23-26)13-6-9-31-18(13)17/h3-5,7-8,10H,6,9,11H2,1-2H3,(H,24,25). The summed E-state index contributed by atoms with van der Waals surface area (Å²) in [4.78, 5) is -0.161. The Kier molecular flexibility index (Phi) is 5.41. The molecule has 0 saturated carbocycles. The Morgan fingerprint density at radius 2 is 2.12 bits per heavy atom. The predicted molar refractivity (Wildman–Crippen MR) is 123 cm³/mol.